The van der Waals surface area contributed by atoms with Gasteiger partial charge < -0.3 is 10.5 Å². The molecule has 4 heteroatoms. The van der Waals surface area contributed by atoms with Crippen LogP contribution in [-0.4, -0.2) is 16.6 Å². The van der Waals surface area contributed by atoms with Crippen LogP contribution in [0.4, 0.5) is 5.82 Å². The van der Waals surface area contributed by atoms with Gasteiger partial charge in [0.1, 0.15) is 17.4 Å². The molecule has 1 fully saturated rings. The van der Waals surface area contributed by atoms with E-state index in [-0.39, 0.29) is 0 Å². The smallest absolute Gasteiger partial charge is 0.134 e. The molecule has 0 amide bonds. The van der Waals surface area contributed by atoms with Gasteiger partial charge in [-0.2, -0.15) is 0 Å². The highest BCUT2D eigenvalue weighted by Gasteiger charge is 2.27. The molecule has 1 saturated carbocycles. The monoisotopic (exact) mass is 255 g/mol. The lowest BCUT2D eigenvalue weighted by molar-refractivity contribution is 0.340. The normalized spacial score (nSPS) is 14.4. The third kappa shape index (κ3) is 2.67. The first kappa shape index (κ1) is 12.0. The molecule has 4 nitrogen and oxygen atoms in total. The number of nitrogens with two attached hydrogens (primary N) is 1. The van der Waals surface area contributed by atoms with Gasteiger partial charge >= 0.3 is 0 Å². The highest BCUT2D eigenvalue weighted by molar-refractivity contribution is 5.63. The number of anilines is 1. The third-order valence-corrected chi connectivity index (χ3v) is 3.15. The molecule has 1 aromatic carbocycles. The van der Waals surface area contributed by atoms with E-state index in [4.69, 9.17) is 10.5 Å². The number of hydrogen-bond donors (Lipinski definition) is 1. The summed E-state index contributed by atoms with van der Waals surface area (Å²) >= 11 is 0. The Balaban J connectivity index is 1.98. The van der Waals surface area contributed by atoms with Crippen molar-refractivity contribution in [2.45, 2.75) is 25.7 Å². The summed E-state index contributed by atoms with van der Waals surface area (Å²) in [6.45, 7) is 2.63. The lowest BCUT2D eigenvalue weighted by Gasteiger charge is -2.07. The van der Waals surface area contributed by atoms with Crippen molar-refractivity contribution in [1.82, 2.24) is 9.97 Å². The van der Waals surface area contributed by atoms with E-state index in [0.717, 1.165) is 22.8 Å². The summed E-state index contributed by atoms with van der Waals surface area (Å²) in [7, 11) is 0. The lowest BCUT2D eigenvalue weighted by Crippen LogP contribution is -2.00. The number of rotatable bonds is 4. The summed E-state index contributed by atoms with van der Waals surface area (Å²) in [5.41, 5.74) is 7.76. The molecule has 1 aromatic heterocycles. The molecule has 0 bridgehead atoms. The molecule has 0 unspecified atom stereocenters. The van der Waals surface area contributed by atoms with Crippen molar-refractivity contribution in [2.75, 3.05) is 12.3 Å². The van der Waals surface area contributed by atoms with Crippen LogP contribution >= 0.6 is 0 Å². The first-order valence-corrected chi connectivity index (χ1v) is 6.64. The minimum Gasteiger partial charge on any atom is -0.494 e. The van der Waals surface area contributed by atoms with Crippen molar-refractivity contribution in [1.29, 1.82) is 0 Å². The van der Waals surface area contributed by atoms with Crippen LogP contribution < -0.4 is 10.5 Å². The summed E-state index contributed by atoms with van der Waals surface area (Å²) in [6, 6.07) is 9.73. The molecule has 2 N–H and O–H groups in total. The molecular formula is C15H17N3O. The standard InChI is InChI=1S/C15H17N3O/c1-2-19-12-5-3-4-11(8-12)13-9-14(16)18-15(17-13)10-6-7-10/h3-5,8-10H,2,6-7H2,1H3,(H2,16,17,18). The maximum atomic E-state index is 5.88. The van der Waals surface area contributed by atoms with E-state index in [1.807, 2.05) is 37.3 Å². The number of nitrogen functional groups attached to an aromatic ring is 1. The van der Waals surface area contributed by atoms with Gasteiger partial charge in [-0.15, -0.1) is 0 Å². The van der Waals surface area contributed by atoms with Gasteiger partial charge in [-0.05, 0) is 31.9 Å². The zero-order valence-corrected chi connectivity index (χ0v) is 11.0. The Labute approximate surface area is 112 Å². The Bertz CT molecular complexity index is 594. The number of hydrogen-bond acceptors (Lipinski definition) is 4. The maximum absolute atomic E-state index is 5.88. The fourth-order valence-electron chi connectivity index (χ4n) is 2.07. The largest absolute Gasteiger partial charge is 0.494 e. The number of benzene rings is 1. The minimum atomic E-state index is 0.498. The van der Waals surface area contributed by atoms with Gasteiger partial charge in [-0.3, -0.25) is 0 Å². The van der Waals surface area contributed by atoms with Gasteiger partial charge in [0.25, 0.3) is 0 Å². The molecule has 1 heterocycles. The summed E-state index contributed by atoms with van der Waals surface area (Å²) in [5.74, 6) is 2.76. The zero-order chi connectivity index (χ0) is 13.2. The van der Waals surface area contributed by atoms with Crippen LogP contribution in [0.5, 0.6) is 5.75 Å². The van der Waals surface area contributed by atoms with E-state index in [2.05, 4.69) is 9.97 Å². The zero-order valence-electron chi connectivity index (χ0n) is 11.0. The van der Waals surface area contributed by atoms with Crippen LogP contribution in [-0.2, 0) is 0 Å². The quantitative estimate of drug-likeness (QED) is 0.912. The van der Waals surface area contributed by atoms with Crippen molar-refractivity contribution in [3.05, 3.63) is 36.2 Å². The molecule has 0 radical (unpaired) electrons. The molecule has 0 saturated heterocycles. The van der Waals surface area contributed by atoms with Gasteiger partial charge in [0.05, 0.1) is 12.3 Å². The second-order valence-corrected chi connectivity index (χ2v) is 4.77. The predicted molar refractivity (Wildman–Crippen MR) is 75.0 cm³/mol. The van der Waals surface area contributed by atoms with E-state index in [0.29, 0.717) is 18.3 Å². The van der Waals surface area contributed by atoms with Gasteiger partial charge in [-0.1, -0.05) is 12.1 Å². The summed E-state index contributed by atoms with van der Waals surface area (Å²) < 4.78 is 5.51. The Morgan fingerprint density at radius 2 is 2.11 bits per heavy atom. The van der Waals surface area contributed by atoms with E-state index >= 15 is 0 Å². The van der Waals surface area contributed by atoms with Crippen LogP contribution in [0.2, 0.25) is 0 Å². The molecule has 2 aromatic rings. The SMILES string of the molecule is CCOc1cccc(-c2cc(N)nc(C3CC3)n2)c1. The molecule has 0 spiro atoms. The fraction of sp³-hybridized carbons (Fsp3) is 0.333. The summed E-state index contributed by atoms with van der Waals surface area (Å²) in [5, 5.41) is 0. The van der Waals surface area contributed by atoms with Crippen LogP contribution in [0.25, 0.3) is 11.3 Å². The molecule has 98 valence electrons. The van der Waals surface area contributed by atoms with Crippen molar-refractivity contribution in [2.24, 2.45) is 0 Å². The molecule has 0 aliphatic heterocycles. The van der Waals surface area contributed by atoms with Gasteiger partial charge in [0.15, 0.2) is 0 Å². The van der Waals surface area contributed by atoms with Crippen LogP contribution in [0.15, 0.2) is 30.3 Å². The third-order valence-electron chi connectivity index (χ3n) is 3.15. The molecule has 1 aliphatic carbocycles. The van der Waals surface area contributed by atoms with E-state index in [9.17, 15) is 0 Å². The first-order valence-electron chi connectivity index (χ1n) is 6.64. The predicted octanol–water partition coefficient (Wildman–Crippen LogP) is 3.00. The van der Waals surface area contributed by atoms with Crippen LogP contribution in [0, 0.1) is 0 Å². The molecular weight excluding hydrogens is 238 g/mol. The highest BCUT2D eigenvalue weighted by Crippen LogP contribution is 2.39. The number of nitrogens with zero attached hydrogens (tertiary/aromatic N) is 2. The van der Waals surface area contributed by atoms with E-state index < -0.39 is 0 Å². The average Bonchev–Trinajstić information content (AvgIpc) is 3.23. The van der Waals surface area contributed by atoms with Crippen molar-refractivity contribution < 1.29 is 4.74 Å². The molecule has 1 aliphatic rings. The number of ether oxygens (including phenoxy) is 1. The number of aromatic nitrogens is 2. The first-order chi connectivity index (χ1) is 9.26. The Hall–Kier alpha value is -2.10. The van der Waals surface area contributed by atoms with E-state index in [1.54, 1.807) is 0 Å². The maximum Gasteiger partial charge on any atom is 0.134 e. The molecule has 0 atom stereocenters. The van der Waals surface area contributed by atoms with Gasteiger partial charge in [-0.25, -0.2) is 9.97 Å². The minimum absolute atomic E-state index is 0.498. The van der Waals surface area contributed by atoms with Crippen molar-refractivity contribution in [3.8, 4) is 17.0 Å². The van der Waals surface area contributed by atoms with Gasteiger partial charge in [0, 0.05) is 17.5 Å². The second kappa shape index (κ2) is 4.88. The average molecular weight is 255 g/mol. The second-order valence-electron chi connectivity index (χ2n) is 4.77. The summed E-state index contributed by atoms with van der Waals surface area (Å²) in [6.07, 6.45) is 2.34. The Morgan fingerprint density at radius 3 is 2.84 bits per heavy atom. The van der Waals surface area contributed by atoms with E-state index in [1.165, 1.54) is 12.8 Å². The van der Waals surface area contributed by atoms with Crippen LogP contribution in [0.1, 0.15) is 31.5 Å². The molecule has 3 rings (SSSR count). The lowest BCUT2D eigenvalue weighted by atomic mass is 10.1. The fourth-order valence-corrected chi connectivity index (χ4v) is 2.07. The summed E-state index contributed by atoms with van der Waals surface area (Å²) in [4.78, 5) is 8.94. The molecule has 19 heavy (non-hydrogen) atoms. The van der Waals surface area contributed by atoms with Crippen LogP contribution in [0.3, 0.4) is 0 Å². The van der Waals surface area contributed by atoms with Crippen molar-refractivity contribution >= 4 is 5.82 Å². The van der Waals surface area contributed by atoms with Crippen molar-refractivity contribution in [3.63, 3.8) is 0 Å². The highest BCUT2D eigenvalue weighted by atomic mass is 16.5. The topological polar surface area (TPSA) is 61.0 Å². The van der Waals surface area contributed by atoms with Gasteiger partial charge in [0.2, 0.25) is 0 Å². The Morgan fingerprint density at radius 1 is 1.26 bits per heavy atom. The Kier molecular flexibility index (Phi) is 3.07.